The first-order chi connectivity index (χ1) is 7.29. The maximum absolute atomic E-state index is 5.98. The van der Waals surface area contributed by atoms with Gasteiger partial charge in [0.25, 0.3) is 0 Å². The van der Waals surface area contributed by atoms with Gasteiger partial charge >= 0.3 is 0 Å². The van der Waals surface area contributed by atoms with E-state index in [1.165, 1.54) is 12.1 Å². The van der Waals surface area contributed by atoms with Crippen LogP contribution in [-0.4, -0.2) is 24.1 Å². The quantitative estimate of drug-likeness (QED) is 0.797. The Hall–Kier alpha value is -1.09. The van der Waals surface area contributed by atoms with E-state index in [1.54, 1.807) is 0 Å². The van der Waals surface area contributed by atoms with Gasteiger partial charge in [0.15, 0.2) is 0 Å². The summed E-state index contributed by atoms with van der Waals surface area (Å²) in [6.07, 6.45) is 5.25. The second-order valence-electron chi connectivity index (χ2n) is 4.21. The molecule has 0 amide bonds. The fraction of sp³-hybridized carbons (Fsp3) is 0.583. The van der Waals surface area contributed by atoms with E-state index in [4.69, 9.17) is 5.73 Å². The first kappa shape index (κ1) is 10.4. The van der Waals surface area contributed by atoms with Crippen molar-refractivity contribution in [3.05, 3.63) is 24.0 Å². The highest BCUT2D eigenvalue weighted by Gasteiger charge is 2.16. The summed E-state index contributed by atoms with van der Waals surface area (Å²) >= 11 is 0. The van der Waals surface area contributed by atoms with Crippen molar-refractivity contribution in [2.45, 2.75) is 32.2 Å². The fourth-order valence-electron chi connectivity index (χ4n) is 2.10. The predicted octanol–water partition coefficient (Wildman–Crippen LogP) is 1.57. The molecule has 0 saturated carbocycles. The van der Waals surface area contributed by atoms with Crippen LogP contribution < -0.4 is 10.6 Å². The topological polar surface area (TPSA) is 42.1 Å². The SMILES string of the molecule is CCc1cc(N2CCCC(N)C2)ccn1. The molecule has 2 rings (SSSR count). The zero-order valence-electron chi connectivity index (χ0n) is 9.32. The summed E-state index contributed by atoms with van der Waals surface area (Å²) in [6.45, 7) is 4.24. The molecule has 3 nitrogen and oxygen atoms in total. The number of nitrogens with two attached hydrogens (primary N) is 1. The minimum absolute atomic E-state index is 0.331. The molecule has 0 bridgehead atoms. The van der Waals surface area contributed by atoms with Gasteiger partial charge < -0.3 is 10.6 Å². The third-order valence-electron chi connectivity index (χ3n) is 2.99. The number of aryl methyl sites for hydroxylation is 1. The van der Waals surface area contributed by atoms with Crippen LogP contribution in [0.3, 0.4) is 0 Å². The number of piperidine rings is 1. The summed E-state index contributed by atoms with van der Waals surface area (Å²) in [7, 11) is 0. The molecular formula is C12H19N3. The summed E-state index contributed by atoms with van der Waals surface area (Å²) in [4.78, 5) is 6.68. The van der Waals surface area contributed by atoms with Gasteiger partial charge in [-0.3, -0.25) is 4.98 Å². The molecule has 1 aliphatic rings. The Morgan fingerprint density at radius 2 is 2.47 bits per heavy atom. The average Bonchev–Trinajstić information content (AvgIpc) is 2.29. The summed E-state index contributed by atoms with van der Waals surface area (Å²) in [5, 5.41) is 0. The first-order valence-corrected chi connectivity index (χ1v) is 5.75. The van der Waals surface area contributed by atoms with Gasteiger partial charge in [0.1, 0.15) is 0 Å². The van der Waals surface area contributed by atoms with Crippen LogP contribution in [0.1, 0.15) is 25.5 Å². The van der Waals surface area contributed by atoms with E-state index in [9.17, 15) is 0 Å². The van der Waals surface area contributed by atoms with Gasteiger partial charge in [0.05, 0.1) is 0 Å². The molecule has 1 saturated heterocycles. The molecule has 0 aromatic carbocycles. The van der Waals surface area contributed by atoms with Crippen LogP contribution in [0.25, 0.3) is 0 Å². The van der Waals surface area contributed by atoms with Crippen molar-refractivity contribution >= 4 is 5.69 Å². The molecule has 1 unspecified atom stereocenters. The normalized spacial score (nSPS) is 21.7. The summed E-state index contributed by atoms with van der Waals surface area (Å²) in [5.41, 5.74) is 8.41. The van der Waals surface area contributed by atoms with Crippen LogP contribution in [0.2, 0.25) is 0 Å². The van der Waals surface area contributed by atoms with Crippen molar-refractivity contribution < 1.29 is 0 Å². The molecule has 0 spiro atoms. The van der Waals surface area contributed by atoms with Gasteiger partial charge in [-0.1, -0.05) is 6.92 Å². The van der Waals surface area contributed by atoms with Crippen molar-refractivity contribution in [2.24, 2.45) is 5.73 Å². The molecule has 1 aliphatic heterocycles. The van der Waals surface area contributed by atoms with E-state index >= 15 is 0 Å². The number of aromatic nitrogens is 1. The van der Waals surface area contributed by atoms with Crippen molar-refractivity contribution in [2.75, 3.05) is 18.0 Å². The highest BCUT2D eigenvalue weighted by molar-refractivity contribution is 5.47. The van der Waals surface area contributed by atoms with E-state index in [1.807, 2.05) is 6.20 Å². The minimum atomic E-state index is 0.331. The van der Waals surface area contributed by atoms with E-state index in [-0.39, 0.29) is 0 Å². The average molecular weight is 205 g/mol. The molecule has 82 valence electrons. The van der Waals surface area contributed by atoms with Crippen LogP contribution in [0.15, 0.2) is 18.3 Å². The van der Waals surface area contributed by atoms with Crippen molar-refractivity contribution in [3.63, 3.8) is 0 Å². The second-order valence-corrected chi connectivity index (χ2v) is 4.21. The molecule has 15 heavy (non-hydrogen) atoms. The van der Waals surface area contributed by atoms with Crippen molar-refractivity contribution in [1.29, 1.82) is 0 Å². The molecule has 1 aromatic heterocycles. The number of anilines is 1. The standard InChI is InChI=1S/C12H19N3/c1-2-11-8-12(5-6-14-11)15-7-3-4-10(13)9-15/h5-6,8,10H,2-4,7,9,13H2,1H3. The smallest absolute Gasteiger partial charge is 0.0421 e. The fourth-order valence-corrected chi connectivity index (χ4v) is 2.10. The lowest BCUT2D eigenvalue weighted by Gasteiger charge is -2.32. The summed E-state index contributed by atoms with van der Waals surface area (Å²) < 4.78 is 0. The van der Waals surface area contributed by atoms with E-state index < -0.39 is 0 Å². The Morgan fingerprint density at radius 1 is 1.60 bits per heavy atom. The Kier molecular flexibility index (Phi) is 3.21. The largest absolute Gasteiger partial charge is 0.370 e. The van der Waals surface area contributed by atoms with Crippen LogP contribution in [0.5, 0.6) is 0 Å². The zero-order valence-corrected chi connectivity index (χ0v) is 9.32. The van der Waals surface area contributed by atoms with Crippen LogP contribution in [0, 0.1) is 0 Å². The summed E-state index contributed by atoms with van der Waals surface area (Å²) in [6, 6.07) is 4.59. The summed E-state index contributed by atoms with van der Waals surface area (Å²) in [5.74, 6) is 0. The Bertz CT molecular complexity index is 324. The third kappa shape index (κ3) is 2.48. The van der Waals surface area contributed by atoms with Crippen molar-refractivity contribution in [3.8, 4) is 0 Å². The van der Waals surface area contributed by atoms with E-state index in [2.05, 4.69) is 28.9 Å². The molecular weight excluding hydrogens is 186 g/mol. The first-order valence-electron chi connectivity index (χ1n) is 5.75. The van der Waals surface area contributed by atoms with Crippen molar-refractivity contribution in [1.82, 2.24) is 4.98 Å². The van der Waals surface area contributed by atoms with Crippen LogP contribution in [-0.2, 0) is 6.42 Å². The van der Waals surface area contributed by atoms with Gasteiger partial charge in [0.2, 0.25) is 0 Å². The molecule has 2 N–H and O–H groups in total. The predicted molar refractivity (Wildman–Crippen MR) is 63.0 cm³/mol. The Morgan fingerprint density at radius 3 is 3.20 bits per heavy atom. The molecule has 0 radical (unpaired) electrons. The molecule has 1 aromatic rings. The third-order valence-corrected chi connectivity index (χ3v) is 2.99. The number of pyridine rings is 1. The molecule has 0 aliphatic carbocycles. The lowest BCUT2D eigenvalue weighted by molar-refractivity contribution is 0.506. The monoisotopic (exact) mass is 205 g/mol. The number of hydrogen-bond donors (Lipinski definition) is 1. The van der Waals surface area contributed by atoms with E-state index in [0.29, 0.717) is 6.04 Å². The van der Waals surface area contributed by atoms with E-state index in [0.717, 1.165) is 31.6 Å². The molecule has 1 atom stereocenters. The Balaban J connectivity index is 2.13. The number of rotatable bonds is 2. The van der Waals surface area contributed by atoms with Gasteiger partial charge in [-0.15, -0.1) is 0 Å². The lowest BCUT2D eigenvalue weighted by Crippen LogP contribution is -2.42. The number of hydrogen-bond acceptors (Lipinski definition) is 3. The van der Waals surface area contributed by atoms with Gasteiger partial charge in [0, 0.05) is 36.7 Å². The zero-order chi connectivity index (χ0) is 10.7. The van der Waals surface area contributed by atoms with Crippen LogP contribution >= 0.6 is 0 Å². The van der Waals surface area contributed by atoms with Gasteiger partial charge in [-0.05, 0) is 31.4 Å². The number of nitrogens with zero attached hydrogens (tertiary/aromatic N) is 2. The van der Waals surface area contributed by atoms with Gasteiger partial charge in [-0.25, -0.2) is 0 Å². The molecule has 2 heterocycles. The Labute approximate surface area is 91.3 Å². The minimum Gasteiger partial charge on any atom is -0.370 e. The van der Waals surface area contributed by atoms with Crippen LogP contribution in [0.4, 0.5) is 5.69 Å². The molecule has 1 fully saturated rings. The maximum atomic E-state index is 5.98. The highest BCUT2D eigenvalue weighted by Crippen LogP contribution is 2.19. The van der Waals surface area contributed by atoms with Gasteiger partial charge in [-0.2, -0.15) is 0 Å². The second kappa shape index (κ2) is 4.62. The highest BCUT2D eigenvalue weighted by atomic mass is 15.1. The molecule has 3 heteroatoms. The maximum Gasteiger partial charge on any atom is 0.0421 e. The lowest BCUT2D eigenvalue weighted by atomic mass is 10.1.